The Morgan fingerprint density at radius 1 is 1.35 bits per heavy atom. The monoisotopic (exact) mass is 371 g/mol. The zero-order valence-corrected chi connectivity index (χ0v) is 14.4. The fourth-order valence-corrected chi connectivity index (χ4v) is 3.68. The molecule has 1 unspecified atom stereocenters. The molecule has 1 aliphatic heterocycles. The summed E-state index contributed by atoms with van der Waals surface area (Å²) in [5.41, 5.74) is 2.10. The Balaban J connectivity index is 2.02. The molecule has 0 aliphatic carbocycles. The fraction of sp³-hybridized carbons (Fsp3) is 0.357. The Bertz CT molecular complexity index is 624. The summed E-state index contributed by atoms with van der Waals surface area (Å²) < 4.78 is 1.05. The Hall–Kier alpha value is -0.410. The summed E-state index contributed by atoms with van der Waals surface area (Å²) in [7, 11) is 2.61. The number of benzene rings is 1. The first-order valence-electron chi connectivity index (χ1n) is 6.64. The second-order valence-electron chi connectivity index (χ2n) is 5.04. The summed E-state index contributed by atoms with van der Waals surface area (Å²) in [6.07, 6.45) is 4.00. The first-order valence-corrected chi connectivity index (χ1v) is 8.38. The van der Waals surface area contributed by atoms with Crippen molar-refractivity contribution < 1.29 is 0 Å². The molecule has 1 saturated heterocycles. The van der Waals surface area contributed by atoms with Gasteiger partial charge in [-0.05, 0) is 31.0 Å². The number of hydrogen-bond donors (Lipinski definition) is 1. The van der Waals surface area contributed by atoms with E-state index >= 15 is 0 Å². The summed E-state index contributed by atoms with van der Waals surface area (Å²) in [4.78, 5) is 6.79. The molecule has 0 amide bonds. The minimum Gasteiger partial charge on any atom is -0.370 e. The van der Waals surface area contributed by atoms with E-state index in [4.69, 9.17) is 11.6 Å². The standard InChI is InChI=1S/C14H16BrClN3P/c15-9-1-2-13-11(7-9)14(12(16)8-17-13)19-5-3-10(18-20)4-6-19/h1-2,7-8,10,18H,3-6,20H2. The van der Waals surface area contributed by atoms with E-state index in [9.17, 15) is 0 Å². The molecule has 1 atom stereocenters. The third-order valence-corrected chi connectivity index (χ3v) is 5.05. The predicted octanol–water partition coefficient (Wildman–Crippen LogP) is 4.00. The average molecular weight is 373 g/mol. The first-order chi connectivity index (χ1) is 9.69. The van der Waals surface area contributed by atoms with Gasteiger partial charge < -0.3 is 4.90 Å². The molecule has 1 N–H and O–H groups in total. The van der Waals surface area contributed by atoms with Crippen molar-refractivity contribution in [2.24, 2.45) is 0 Å². The van der Waals surface area contributed by atoms with Crippen LogP contribution in [0.1, 0.15) is 12.8 Å². The predicted molar refractivity (Wildman–Crippen MR) is 92.5 cm³/mol. The molecule has 3 rings (SSSR count). The number of anilines is 1. The second kappa shape index (κ2) is 6.15. The molecule has 2 heterocycles. The Morgan fingerprint density at radius 2 is 2.10 bits per heavy atom. The molecule has 0 radical (unpaired) electrons. The molecule has 2 aromatic rings. The van der Waals surface area contributed by atoms with E-state index in [1.807, 2.05) is 12.1 Å². The van der Waals surface area contributed by atoms with Gasteiger partial charge in [0, 0.05) is 35.2 Å². The van der Waals surface area contributed by atoms with Crippen LogP contribution in [0.3, 0.4) is 0 Å². The van der Waals surface area contributed by atoms with Gasteiger partial charge in [-0.15, -0.1) is 0 Å². The van der Waals surface area contributed by atoms with Gasteiger partial charge >= 0.3 is 0 Å². The quantitative estimate of drug-likeness (QED) is 0.808. The maximum atomic E-state index is 6.42. The molecule has 3 nitrogen and oxygen atoms in total. The number of halogens is 2. The summed E-state index contributed by atoms with van der Waals surface area (Å²) in [5.74, 6) is 0. The lowest BCUT2D eigenvalue weighted by molar-refractivity contribution is 0.479. The van der Waals surface area contributed by atoms with Crippen molar-refractivity contribution in [3.8, 4) is 0 Å². The highest BCUT2D eigenvalue weighted by molar-refractivity contribution is 9.10. The average Bonchev–Trinajstić information content (AvgIpc) is 2.47. The van der Waals surface area contributed by atoms with Gasteiger partial charge in [0.05, 0.1) is 16.2 Å². The van der Waals surface area contributed by atoms with Gasteiger partial charge in [-0.2, -0.15) is 0 Å². The Kier molecular flexibility index (Phi) is 4.46. The zero-order valence-electron chi connectivity index (χ0n) is 10.9. The van der Waals surface area contributed by atoms with Crippen molar-refractivity contribution in [3.63, 3.8) is 0 Å². The molecule has 0 bridgehead atoms. The molecule has 0 saturated carbocycles. The van der Waals surface area contributed by atoms with Crippen molar-refractivity contribution in [2.75, 3.05) is 18.0 Å². The normalized spacial score (nSPS) is 16.9. The van der Waals surface area contributed by atoms with E-state index in [1.54, 1.807) is 6.20 Å². The number of nitrogens with one attached hydrogen (secondary N) is 1. The van der Waals surface area contributed by atoms with Crippen molar-refractivity contribution in [1.29, 1.82) is 0 Å². The number of fused-ring (bicyclic) bond motifs is 1. The van der Waals surface area contributed by atoms with E-state index in [2.05, 4.69) is 46.4 Å². The van der Waals surface area contributed by atoms with Crippen molar-refractivity contribution in [2.45, 2.75) is 18.9 Å². The topological polar surface area (TPSA) is 28.2 Å². The fourth-order valence-electron chi connectivity index (χ4n) is 2.72. The number of piperidine rings is 1. The van der Waals surface area contributed by atoms with Gasteiger partial charge in [-0.25, -0.2) is 0 Å². The largest absolute Gasteiger partial charge is 0.370 e. The summed E-state index contributed by atoms with van der Waals surface area (Å²) in [5, 5.41) is 5.12. The van der Waals surface area contributed by atoms with Crippen molar-refractivity contribution >= 4 is 53.5 Å². The highest BCUT2D eigenvalue weighted by atomic mass is 79.9. The number of nitrogens with zero attached hydrogens (tertiary/aromatic N) is 2. The molecular weight excluding hydrogens is 357 g/mol. The molecule has 0 spiro atoms. The Labute approximate surface area is 134 Å². The molecule has 106 valence electrons. The molecule has 1 fully saturated rings. The van der Waals surface area contributed by atoms with Gasteiger partial charge in [0.15, 0.2) is 0 Å². The van der Waals surface area contributed by atoms with Gasteiger partial charge in [0.1, 0.15) is 0 Å². The van der Waals surface area contributed by atoms with E-state index < -0.39 is 0 Å². The highest BCUT2D eigenvalue weighted by Gasteiger charge is 2.21. The van der Waals surface area contributed by atoms with Gasteiger partial charge in [0.2, 0.25) is 0 Å². The summed E-state index contributed by atoms with van der Waals surface area (Å²) in [6, 6.07) is 6.71. The van der Waals surface area contributed by atoms with Gasteiger partial charge in [0.25, 0.3) is 0 Å². The van der Waals surface area contributed by atoms with Crippen LogP contribution >= 0.6 is 36.9 Å². The van der Waals surface area contributed by atoms with Crippen molar-refractivity contribution in [1.82, 2.24) is 10.1 Å². The van der Waals surface area contributed by atoms with Crippen LogP contribution in [0.25, 0.3) is 10.9 Å². The maximum Gasteiger partial charge on any atom is 0.0829 e. The first kappa shape index (κ1) is 14.5. The zero-order chi connectivity index (χ0) is 14.1. The molecule has 6 heteroatoms. The minimum atomic E-state index is 0.579. The van der Waals surface area contributed by atoms with Crippen LogP contribution < -0.4 is 9.99 Å². The van der Waals surface area contributed by atoms with Crippen LogP contribution in [0, 0.1) is 0 Å². The maximum absolute atomic E-state index is 6.42. The van der Waals surface area contributed by atoms with Gasteiger partial charge in [-0.3, -0.25) is 10.1 Å². The molecule has 1 aromatic heterocycles. The lowest BCUT2D eigenvalue weighted by atomic mass is 10.0. The van der Waals surface area contributed by atoms with Crippen LogP contribution in [0.15, 0.2) is 28.9 Å². The van der Waals surface area contributed by atoms with Gasteiger partial charge in [-0.1, -0.05) is 36.9 Å². The van der Waals surface area contributed by atoms with E-state index in [-0.39, 0.29) is 0 Å². The molecular formula is C14H16BrClN3P. The molecule has 1 aromatic carbocycles. The number of aromatic nitrogens is 1. The summed E-state index contributed by atoms with van der Waals surface area (Å²) >= 11 is 9.95. The van der Waals surface area contributed by atoms with Crippen molar-refractivity contribution in [3.05, 3.63) is 33.9 Å². The van der Waals surface area contributed by atoms with E-state index in [1.165, 1.54) is 0 Å². The van der Waals surface area contributed by atoms with Crippen LogP contribution in [-0.4, -0.2) is 24.1 Å². The van der Waals surface area contributed by atoms with Crippen LogP contribution in [0.5, 0.6) is 0 Å². The third kappa shape index (κ3) is 2.80. The molecule has 1 aliphatic rings. The number of hydrogen-bond acceptors (Lipinski definition) is 3. The third-order valence-electron chi connectivity index (χ3n) is 3.80. The van der Waals surface area contributed by atoms with Crippen LogP contribution in [0.4, 0.5) is 5.69 Å². The second-order valence-corrected chi connectivity index (χ2v) is 6.70. The SMILES string of the molecule is PNC1CCN(c2c(Cl)cnc3ccc(Br)cc23)CC1. The Morgan fingerprint density at radius 3 is 2.80 bits per heavy atom. The minimum absolute atomic E-state index is 0.579. The highest BCUT2D eigenvalue weighted by Crippen LogP contribution is 2.35. The smallest absolute Gasteiger partial charge is 0.0829 e. The molecule has 20 heavy (non-hydrogen) atoms. The number of rotatable bonds is 2. The van der Waals surface area contributed by atoms with Crippen LogP contribution in [0.2, 0.25) is 5.02 Å². The lowest BCUT2D eigenvalue weighted by Gasteiger charge is -2.34. The number of pyridine rings is 1. The lowest BCUT2D eigenvalue weighted by Crippen LogP contribution is -2.39. The van der Waals surface area contributed by atoms with E-state index in [0.29, 0.717) is 6.04 Å². The summed E-state index contributed by atoms with van der Waals surface area (Å²) in [6.45, 7) is 2.02. The van der Waals surface area contributed by atoms with E-state index in [0.717, 1.165) is 52.0 Å². The van der Waals surface area contributed by atoms with Crippen LogP contribution in [-0.2, 0) is 0 Å².